The summed E-state index contributed by atoms with van der Waals surface area (Å²) in [5.74, 6) is 0.704. The molecule has 1 fully saturated rings. The maximum atomic E-state index is 11.9. The second-order valence-electron chi connectivity index (χ2n) is 4.61. The van der Waals surface area contributed by atoms with E-state index in [4.69, 9.17) is 4.74 Å². The maximum Gasteiger partial charge on any atom is 0.416 e. The van der Waals surface area contributed by atoms with Gasteiger partial charge in [-0.2, -0.15) is 11.8 Å². The zero-order valence-corrected chi connectivity index (χ0v) is 13.6. The van der Waals surface area contributed by atoms with Gasteiger partial charge in [0.25, 0.3) is 0 Å². The number of hydrogen-bond acceptors (Lipinski definition) is 4. The number of rotatable bonds is 5. The number of halogens is 1. The van der Waals surface area contributed by atoms with E-state index in [0.29, 0.717) is 19.6 Å². The van der Waals surface area contributed by atoms with Crippen molar-refractivity contribution in [1.29, 1.82) is 0 Å². The van der Waals surface area contributed by atoms with Gasteiger partial charge >= 0.3 is 6.09 Å². The SMILES string of the molecule is C[C@@H](CC(=O)N1CCOC1=O)SCc1ccc(Br)cc1. The molecule has 0 radical (unpaired) electrons. The van der Waals surface area contributed by atoms with Gasteiger partial charge in [0.15, 0.2) is 0 Å². The molecular formula is C14H16BrNO3S. The van der Waals surface area contributed by atoms with Crippen LogP contribution in [0.1, 0.15) is 18.9 Å². The van der Waals surface area contributed by atoms with Crippen molar-refractivity contribution < 1.29 is 14.3 Å². The number of nitrogens with zero attached hydrogens (tertiary/aromatic N) is 1. The average Bonchev–Trinajstić information content (AvgIpc) is 2.84. The van der Waals surface area contributed by atoms with E-state index in [1.165, 1.54) is 10.5 Å². The Morgan fingerprint density at radius 2 is 2.15 bits per heavy atom. The summed E-state index contributed by atoms with van der Waals surface area (Å²) in [5, 5.41) is 0.166. The molecular weight excluding hydrogens is 342 g/mol. The van der Waals surface area contributed by atoms with Gasteiger partial charge in [-0.3, -0.25) is 4.79 Å². The molecule has 0 saturated carbocycles. The predicted molar refractivity (Wildman–Crippen MR) is 82.6 cm³/mol. The number of carbonyl (C=O) groups is 2. The van der Waals surface area contributed by atoms with E-state index >= 15 is 0 Å². The molecule has 1 aromatic rings. The summed E-state index contributed by atoms with van der Waals surface area (Å²) in [6.45, 7) is 2.69. The Morgan fingerprint density at radius 1 is 1.45 bits per heavy atom. The molecule has 1 aliphatic rings. The number of carbonyl (C=O) groups excluding carboxylic acids is 2. The molecule has 0 bridgehead atoms. The lowest BCUT2D eigenvalue weighted by Gasteiger charge is -2.15. The predicted octanol–water partition coefficient (Wildman–Crippen LogP) is 3.44. The summed E-state index contributed by atoms with van der Waals surface area (Å²) in [5.41, 5.74) is 1.22. The van der Waals surface area contributed by atoms with Gasteiger partial charge < -0.3 is 4.74 Å². The molecule has 0 N–H and O–H groups in total. The van der Waals surface area contributed by atoms with E-state index < -0.39 is 6.09 Å². The van der Waals surface area contributed by atoms with Gasteiger partial charge in [0.2, 0.25) is 5.91 Å². The van der Waals surface area contributed by atoms with Crippen molar-refractivity contribution in [2.45, 2.75) is 24.3 Å². The normalized spacial score (nSPS) is 16.1. The number of benzene rings is 1. The van der Waals surface area contributed by atoms with E-state index in [1.807, 2.05) is 19.1 Å². The second kappa shape index (κ2) is 7.13. The molecule has 108 valence electrons. The van der Waals surface area contributed by atoms with E-state index in [0.717, 1.165) is 10.2 Å². The van der Waals surface area contributed by atoms with Crippen LogP contribution in [0.5, 0.6) is 0 Å². The van der Waals surface area contributed by atoms with Crippen LogP contribution in [0.2, 0.25) is 0 Å². The minimum Gasteiger partial charge on any atom is -0.447 e. The Hall–Kier alpha value is -1.01. The van der Waals surface area contributed by atoms with E-state index in [-0.39, 0.29) is 11.2 Å². The first-order valence-corrected chi connectivity index (χ1v) is 8.23. The summed E-state index contributed by atoms with van der Waals surface area (Å²) in [7, 11) is 0. The first-order valence-electron chi connectivity index (χ1n) is 6.39. The number of imide groups is 1. The average molecular weight is 358 g/mol. The van der Waals surface area contributed by atoms with Gasteiger partial charge in [-0.15, -0.1) is 0 Å². The lowest BCUT2D eigenvalue weighted by molar-refractivity contribution is -0.127. The molecule has 20 heavy (non-hydrogen) atoms. The molecule has 0 aromatic heterocycles. The molecule has 0 spiro atoms. The Labute approximate surface area is 131 Å². The van der Waals surface area contributed by atoms with Crippen LogP contribution >= 0.6 is 27.7 Å². The van der Waals surface area contributed by atoms with Crippen LogP contribution in [0.4, 0.5) is 4.79 Å². The Kier molecular flexibility index (Phi) is 5.48. The Balaban J connectivity index is 1.77. The van der Waals surface area contributed by atoms with Gasteiger partial charge in [-0.25, -0.2) is 9.69 Å². The molecule has 1 aliphatic heterocycles. The highest BCUT2D eigenvalue weighted by atomic mass is 79.9. The van der Waals surface area contributed by atoms with Crippen LogP contribution in [-0.4, -0.2) is 35.3 Å². The van der Waals surface area contributed by atoms with Crippen LogP contribution in [0.3, 0.4) is 0 Å². The first-order chi connectivity index (χ1) is 9.56. The highest BCUT2D eigenvalue weighted by Crippen LogP contribution is 2.22. The van der Waals surface area contributed by atoms with Crippen LogP contribution in [0, 0.1) is 0 Å². The van der Waals surface area contributed by atoms with E-state index in [1.54, 1.807) is 11.8 Å². The van der Waals surface area contributed by atoms with Crippen LogP contribution in [-0.2, 0) is 15.3 Å². The monoisotopic (exact) mass is 357 g/mol. The summed E-state index contributed by atoms with van der Waals surface area (Å²) >= 11 is 5.11. The van der Waals surface area contributed by atoms with Crippen LogP contribution < -0.4 is 0 Å². The number of thioether (sulfide) groups is 1. The van der Waals surface area contributed by atoms with Crippen LogP contribution in [0.25, 0.3) is 0 Å². The Bertz CT molecular complexity index is 492. The van der Waals surface area contributed by atoms with Gasteiger partial charge in [-0.1, -0.05) is 35.0 Å². The highest BCUT2D eigenvalue weighted by Gasteiger charge is 2.28. The molecule has 0 aliphatic carbocycles. The van der Waals surface area contributed by atoms with E-state index in [2.05, 4.69) is 28.1 Å². The van der Waals surface area contributed by atoms with Crippen molar-refractivity contribution in [2.75, 3.05) is 13.2 Å². The molecule has 1 aromatic carbocycles. The van der Waals surface area contributed by atoms with E-state index in [9.17, 15) is 9.59 Å². The van der Waals surface area contributed by atoms with Crippen molar-refractivity contribution in [3.63, 3.8) is 0 Å². The topological polar surface area (TPSA) is 46.6 Å². The minimum atomic E-state index is -0.514. The molecule has 1 heterocycles. The van der Waals surface area contributed by atoms with Gasteiger partial charge in [0.1, 0.15) is 6.61 Å². The molecule has 0 unspecified atom stereocenters. The van der Waals surface area contributed by atoms with Gasteiger partial charge in [-0.05, 0) is 17.7 Å². The zero-order chi connectivity index (χ0) is 14.5. The third-order valence-corrected chi connectivity index (χ3v) is 4.74. The summed E-state index contributed by atoms with van der Waals surface area (Å²) in [6.07, 6.45) is -0.156. The van der Waals surface area contributed by atoms with Crippen molar-refractivity contribution in [3.05, 3.63) is 34.3 Å². The molecule has 1 atom stereocenters. The number of amides is 2. The lowest BCUT2D eigenvalue weighted by atomic mass is 10.2. The summed E-state index contributed by atoms with van der Waals surface area (Å²) < 4.78 is 5.82. The second-order valence-corrected chi connectivity index (χ2v) is 6.95. The number of ether oxygens (including phenoxy) is 1. The molecule has 2 amide bonds. The van der Waals surface area contributed by atoms with Crippen molar-refractivity contribution in [1.82, 2.24) is 4.90 Å². The standard InChI is InChI=1S/C14H16BrNO3S/c1-10(8-13(17)16-6-7-19-14(16)18)20-9-11-2-4-12(15)5-3-11/h2-5,10H,6-9H2,1H3/t10-/m0/s1. The molecule has 2 rings (SSSR count). The maximum absolute atomic E-state index is 11.9. The van der Waals surface area contributed by atoms with Crippen molar-refractivity contribution in [2.24, 2.45) is 0 Å². The smallest absolute Gasteiger partial charge is 0.416 e. The quantitative estimate of drug-likeness (QED) is 0.809. The summed E-state index contributed by atoms with van der Waals surface area (Å²) in [6, 6.07) is 8.13. The zero-order valence-electron chi connectivity index (χ0n) is 11.2. The summed E-state index contributed by atoms with van der Waals surface area (Å²) in [4.78, 5) is 24.4. The third kappa shape index (κ3) is 4.24. The minimum absolute atomic E-state index is 0.150. The van der Waals surface area contributed by atoms with Crippen molar-refractivity contribution in [3.8, 4) is 0 Å². The lowest BCUT2D eigenvalue weighted by Crippen LogP contribution is -2.33. The fourth-order valence-corrected chi connectivity index (χ4v) is 3.05. The fraction of sp³-hybridized carbons (Fsp3) is 0.429. The third-order valence-electron chi connectivity index (χ3n) is 2.97. The number of cyclic esters (lactones) is 1. The largest absolute Gasteiger partial charge is 0.447 e. The first kappa shape index (κ1) is 15.4. The van der Waals surface area contributed by atoms with Gasteiger partial charge in [0.05, 0.1) is 6.54 Å². The fourth-order valence-electron chi connectivity index (χ4n) is 1.85. The van der Waals surface area contributed by atoms with Crippen LogP contribution in [0.15, 0.2) is 28.7 Å². The van der Waals surface area contributed by atoms with Crippen molar-refractivity contribution >= 4 is 39.7 Å². The molecule has 4 nitrogen and oxygen atoms in total. The molecule has 1 saturated heterocycles. The van der Waals surface area contributed by atoms with Gasteiger partial charge in [0, 0.05) is 21.9 Å². The number of hydrogen-bond donors (Lipinski definition) is 0. The molecule has 6 heteroatoms. The Morgan fingerprint density at radius 3 is 2.75 bits per heavy atom. The highest BCUT2D eigenvalue weighted by molar-refractivity contribution is 9.10.